The van der Waals surface area contributed by atoms with Crippen LogP contribution in [0.4, 0.5) is 0 Å². The molecule has 0 aliphatic heterocycles. The maximum Gasteiger partial charge on any atom is 0.314 e. The molecule has 4 saturated carbocycles. The zero-order chi connectivity index (χ0) is 35.2. The van der Waals surface area contributed by atoms with Crippen LogP contribution < -0.4 is 0 Å². The Morgan fingerprint density at radius 2 is 1.23 bits per heavy atom. The summed E-state index contributed by atoms with van der Waals surface area (Å²) in [5.41, 5.74) is -0.819. The predicted molar refractivity (Wildman–Crippen MR) is 163 cm³/mol. The highest BCUT2D eigenvalue weighted by Crippen LogP contribution is 2.50. The molecule has 4 aliphatic carbocycles. The van der Waals surface area contributed by atoms with Gasteiger partial charge >= 0.3 is 23.9 Å². The monoisotopic (exact) mass is 684 g/mol. The lowest BCUT2D eigenvalue weighted by Crippen LogP contribution is -2.48. The van der Waals surface area contributed by atoms with Gasteiger partial charge in [0.05, 0.1) is 31.2 Å². The van der Waals surface area contributed by atoms with Crippen LogP contribution in [-0.4, -0.2) is 81.9 Å². The molecule has 0 radical (unpaired) electrons. The van der Waals surface area contributed by atoms with Gasteiger partial charge < -0.3 is 19.7 Å². The van der Waals surface area contributed by atoms with Gasteiger partial charge in [-0.25, -0.2) is 9.78 Å². The van der Waals surface area contributed by atoms with Crippen molar-refractivity contribution in [1.82, 2.24) is 0 Å². The van der Waals surface area contributed by atoms with Gasteiger partial charge in [-0.3, -0.25) is 39.4 Å². The van der Waals surface area contributed by atoms with E-state index >= 15 is 0 Å². The van der Waals surface area contributed by atoms with Gasteiger partial charge in [-0.2, -0.15) is 0 Å². The third-order valence-corrected chi connectivity index (χ3v) is 11.7. The van der Waals surface area contributed by atoms with Crippen LogP contribution in [0, 0.1) is 61.2 Å². The van der Waals surface area contributed by atoms with Crippen LogP contribution in [-0.2, 0) is 38.4 Å². The number of carboxylic acids is 2. The van der Waals surface area contributed by atoms with Crippen molar-refractivity contribution in [3.05, 3.63) is 20.2 Å². The number of carboxylic acid groups (broad SMARTS) is 2. The van der Waals surface area contributed by atoms with Gasteiger partial charge in [0.25, 0.3) is 0 Å². The van der Waals surface area contributed by atoms with E-state index in [1.165, 1.54) is 7.11 Å². The molecular formula is C32H48N2O14. The fraction of sp³-hybridized carbons (Fsp3) is 0.875. The van der Waals surface area contributed by atoms with E-state index in [1.54, 1.807) is 0 Å². The van der Waals surface area contributed by atoms with Crippen molar-refractivity contribution in [1.29, 1.82) is 0 Å². The third kappa shape index (κ3) is 8.24. The highest BCUT2D eigenvalue weighted by Gasteiger charge is 2.52. The number of nitro groups is 2. The lowest BCUT2D eigenvalue weighted by atomic mass is 9.59. The molecule has 7 atom stereocenters. The van der Waals surface area contributed by atoms with Crippen LogP contribution in [0.15, 0.2) is 0 Å². The molecule has 7 unspecified atom stereocenters. The van der Waals surface area contributed by atoms with Crippen molar-refractivity contribution in [3.63, 3.8) is 0 Å². The molecule has 0 heterocycles. The summed E-state index contributed by atoms with van der Waals surface area (Å²) >= 11 is 0. The van der Waals surface area contributed by atoms with E-state index in [0.717, 1.165) is 0 Å². The normalized spacial score (nSPS) is 35.4. The van der Waals surface area contributed by atoms with Gasteiger partial charge in [0.2, 0.25) is 12.1 Å². The van der Waals surface area contributed by atoms with E-state index < -0.39 is 75.0 Å². The van der Waals surface area contributed by atoms with Gasteiger partial charge in [0.1, 0.15) is 17.9 Å². The Hall–Kier alpha value is -3.40. The van der Waals surface area contributed by atoms with Gasteiger partial charge in [-0.1, -0.05) is 0 Å². The summed E-state index contributed by atoms with van der Waals surface area (Å²) in [6.45, 7) is 1.86. The standard InChI is InChI=1S/C32H48N2O14/c1-32(31(40)45-2,19-9-13-21(14-10-19)47-30(39)23-6-4-8-25(34(43)44)27(23)29(37)38)20-11-15-22(16-12-20)48-46-17-18-5-3-7-24(33(41)42)26(18)28(35)36/h18-27H,3-17H2,1-2H3,(H,35,36)(H,37,38). The number of ether oxygens (including phenoxy) is 2. The average Bonchev–Trinajstić information content (AvgIpc) is 3.07. The number of aliphatic carboxylic acids is 2. The number of esters is 2. The molecule has 0 aromatic rings. The Balaban J connectivity index is 1.28. The molecule has 2 N–H and O–H groups in total. The van der Waals surface area contributed by atoms with Crippen molar-refractivity contribution in [2.24, 2.45) is 40.9 Å². The predicted octanol–water partition coefficient (Wildman–Crippen LogP) is 4.07. The highest BCUT2D eigenvalue weighted by atomic mass is 17.2. The highest BCUT2D eigenvalue weighted by molar-refractivity contribution is 5.82. The molecule has 0 aromatic carbocycles. The largest absolute Gasteiger partial charge is 0.481 e. The maximum absolute atomic E-state index is 13.3. The van der Waals surface area contributed by atoms with E-state index in [1.807, 2.05) is 6.92 Å². The molecule has 0 bridgehead atoms. The average molecular weight is 685 g/mol. The number of rotatable bonds is 13. The molecule has 4 aliphatic rings. The van der Waals surface area contributed by atoms with Crippen molar-refractivity contribution in [2.45, 2.75) is 121 Å². The number of carbonyl (C=O) groups is 4. The fourth-order valence-corrected chi connectivity index (χ4v) is 8.96. The molecule has 0 amide bonds. The minimum atomic E-state index is -1.43. The van der Waals surface area contributed by atoms with E-state index in [2.05, 4.69) is 0 Å². The summed E-state index contributed by atoms with van der Waals surface area (Å²) in [7, 11) is 1.36. The Labute approximate surface area is 278 Å². The van der Waals surface area contributed by atoms with E-state index in [-0.39, 0.29) is 49.8 Å². The van der Waals surface area contributed by atoms with Crippen LogP contribution in [0.2, 0.25) is 0 Å². The number of hydrogen-bond donors (Lipinski definition) is 2. The lowest BCUT2D eigenvalue weighted by Gasteiger charge is -2.46. The Kier molecular flexibility index (Phi) is 12.7. The first-order chi connectivity index (χ1) is 22.8. The second kappa shape index (κ2) is 16.3. The molecule has 0 saturated heterocycles. The molecule has 4 rings (SSSR count). The molecule has 270 valence electrons. The van der Waals surface area contributed by atoms with Crippen LogP contribution in [0.25, 0.3) is 0 Å². The SMILES string of the molecule is COC(=O)C(C)(C1CCC(OOCC2CCCC([N+](=O)[O-])C2C(=O)O)CC1)C1CCC(OC(=O)C2CCCC([N+](=O)[O-])C2C(=O)O)CC1. The van der Waals surface area contributed by atoms with Gasteiger partial charge in [0.15, 0.2) is 0 Å². The second-order valence-electron chi connectivity index (χ2n) is 14.2. The third-order valence-electron chi connectivity index (χ3n) is 11.7. The second-order valence-corrected chi connectivity index (χ2v) is 14.2. The molecule has 48 heavy (non-hydrogen) atoms. The molecular weight excluding hydrogens is 636 g/mol. The van der Waals surface area contributed by atoms with Crippen LogP contribution in [0.5, 0.6) is 0 Å². The zero-order valence-electron chi connectivity index (χ0n) is 27.6. The molecule has 16 heteroatoms. The molecule has 16 nitrogen and oxygen atoms in total. The number of hydrogen-bond acceptors (Lipinski definition) is 12. The molecule has 4 fully saturated rings. The van der Waals surface area contributed by atoms with Crippen molar-refractivity contribution in [3.8, 4) is 0 Å². The van der Waals surface area contributed by atoms with Crippen LogP contribution >= 0.6 is 0 Å². The zero-order valence-corrected chi connectivity index (χ0v) is 27.6. The summed E-state index contributed by atoms with van der Waals surface area (Å²) in [5, 5.41) is 42.1. The first-order valence-electron chi connectivity index (χ1n) is 17.1. The van der Waals surface area contributed by atoms with Crippen molar-refractivity contribution >= 4 is 23.9 Å². The number of methoxy groups -OCH3 is 1. The molecule has 0 spiro atoms. The Bertz CT molecular complexity index is 1200. The summed E-state index contributed by atoms with van der Waals surface area (Å²) in [6.07, 6.45) is 5.76. The smallest absolute Gasteiger partial charge is 0.314 e. The Morgan fingerprint density at radius 1 is 0.729 bits per heavy atom. The molecule has 0 aromatic heterocycles. The van der Waals surface area contributed by atoms with Crippen LogP contribution in [0.3, 0.4) is 0 Å². The number of carbonyl (C=O) groups excluding carboxylic acids is 2. The van der Waals surface area contributed by atoms with Gasteiger partial charge in [0, 0.05) is 28.6 Å². The van der Waals surface area contributed by atoms with E-state index in [9.17, 15) is 49.6 Å². The minimum absolute atomic E-state index is 0.0258. The summed E-state index contributed by atoms with van der Waals surface area (Å²) in [5.74, 6) is -7.88. The minimum Gasteiger partial charge on any atom is -0.481 e. The summed E-state index contributed by atoms with van der Waals surface area (Å²) in [6, 6.07) is -2.48. The summed E-state index contributed by atoms with van der Waals surface area (Å²) < 4.78 is 11.0. The first kappa shape index (κ1) is 37.4. The van der Waals surface area contributed by atoms with Gasteiger partial charge in [-0.15, -0.1) is 0 Å². The van der Waals surface area contributed by atoms with Crippen molar-refractivity contribution in [2.75, 3.05) is 13.7 Å². The van der Waals surface area contributed by atoms with Gasteiger partial charge in [-0.05, 0) is 95.8 Å². The van der Waals surface area contributed by atoms with E-state index in [0.29, 0.717) is 70.6 Å². The Morgan fingerprint density at radius 3 is 1.73 bits per heavy atom. The fourth-order valence-electron chi connectivity index (χ4n) is 8.96. The first-order valence-corrected chi connectivity index (χ1v) is 17.1. The lowest BCUT2D eigenvalue weighted by molar-refractivity contribution is -0.536. The van der Waals surface area contributed by atoms with Crippen LogP contribution in [0.1, 0.15) is 96.8 Å². The van der Waals surface area contributed by atoms with E-state index in [4.69, 9.17) is 19.2 Å². The topological polar surface area (TPSA) is 232 Å². The van der Waals surface area contributed by atoms with Crippen molar-refractivity contribution < 1.29 is 58.5 Å². The quantitative estimate of drug-likeness (QED) is 0.121. The summed E-state index contributed by atoms with van der Waals surface area (Å²) in [4.78, 5) is 82.8. The number of nitrogens with zero attached hydrogens (tertiary/aromatic N) is 2. The maximum atomic E-state index is 13.3.